The summed E-state index contributed by atoms with van der Waals surface area (Å²) >= 11 is 18.3. The van der Waals surface area contributed by atoms with E-state index in [4.69, 9.17) is 34.8 Å². The highest BCUT2D eigenvalue weighted by Crippen LogP contribution is 2.31. The first kappa shape index (κ1) is 14.7. The highest BCUT2D eigenvalue weighted by Gasteiger charge is 2.09. The zero-order valence-corrected chi connectivity index (χ0v) is 12.8. The van der Waals surface area contributed by atoms with Crippen LogP contribution < -0.4 is 5.32 Å². The molecule has 2 aromatic rings. The van der Waals surface area contributed by atoms with Crippen LogP contribution in [0.15, 0.2) is 36.4 Å². The predicted octanol–water partition coefficient (Wildman–Crippen LogP) is 5.25. The number of nitrogens with one attached hydrogen (secondary N) is 1. The topological polar surface area (TPSA) is 12.0 Å². The number of hydrogen-bond donors (Lipinski definition) is 1. The minimum Gasteiger partial charge on any atom is -0.309 e. The van der Waals surface area contributed by atoms with Crippen LogP contribution in [0.5, 0.6) is 0 Å². The van der Waals surface area contributed by atoms with Gasteiger partial charge in [-0.1, -0.05) is 64.6 Å². The van der Waals surface area contributed by atoms with Crippen LogP contribution in [0.2, 0.25) is 15.1 Å². The lowest BCUT2D eigenvalue weighted by atomic mass is 10.1. The van der Waals surface area contributed by atoms with Crippen molar-refractivity contribution in [1.29, 1.82) is 0 Å². The van der Waals surface area contributed by atoms with Gasteiger partial charge in [-0.2, -0.15) is 0 Å². The van der Waals surface area contributed by atoms with E-state index < -0.39 is 0 Å². The fourth-order valence-corrected chi connectivity index (χ4v) is 2.57. The Balaban J connectivity index is 2.02. The largest absolute Gasteiger partial charge is 0.309 e. The summed E-state index contributed by atoms with van der Waals surface area (Å²) in [5.74, 6) is 0. The second-order valence-electron chi connectivity index (χ2n) is 4.41. The van der Waals surface area contributed by atoms with Crippen LogP contribution in [-0.4, -0.2) is 0 Å². The van der Waals surface area contributed by atoms with Crippen LogP contribution in [0.3, 0.4) is 0 Å². The van der Waals surface area contributed by atoms with Gasteiger partial charge in [-0.3, -0.25) is 0 Å². The summed E-state index contributed by atoms with van der Waals surface area (Å²) in [6.45, 7) is 3.43. The van der Waals surface area contributed by atoms with Gasteiger partial charge in [0, 0.05) is 23.7 Å². The summed E-state index contributed by atoms with van der Waals surface area (Å²) in [5.41, 5.74) is 3.32. The Kier molecular flexibility index (Phi) is 5.12. The van der Waals surface area contributed by atoms with E-state index in [1.54, 1.807) is 12.1 Å². The molecular weight excluding hydrogens is 301 g/mol. The van der Waals surface area contributed by atoms with Crippen LogP contribution in [0.25, 0.3) is 0 Å². The highest BCUT2D eigenvalue weighted by molar-refractivity contribution is 6.44. The van der Waals surface area contributed by atoms with E-state index in [2.05, 4.69) is 30.4 Å². The third kappa shape index (κ3) is 3.87. The number of halogens is 3. The highest BCUT2D eigenvalue weighted by atomic mass is 35.5. The van der Waals surface area contributed by atoms with Gasteiger partial charge in [0.1, 0.15) is 0 Å². The molecule has 0 radical (unpaired) electrons. The fourth-order valence-electron chi connectivity index (χ4n) is 1.89. The molecule has 0 saturated carbocycles. The molecule has 0 aliphatic heterocycles. The van der Waals surface area contributed by atoms with Crippen LogP contribution >= 0.6 is 34.8 Å². The molecule has 100 valence electrons. The van der Waals surface area contributed by atoms with Gasteiger partial charge < -0.3 is 5.32 Å². The van der Waals surface area contributed by atoms with Gasteiger partial charge in [0.2, 0.25) is 0 Å². The van der Waals surface area contributed by atoms with Crippen molar-refractivity contribution < 1.29 is 0 Å². The second kappa shape index (κ2) is 6.62. The quantitative estimate of drug-likeness (QED) is 0.760. The van der Waals surface area contributed by atoms with E-state index in [-0.39, 0.29) is 0 Å². The third-order valence-electron chi connectivity index (χ3n) is 2.85. The molecule has 19 heavy (non-hydrogen) atoms. The lowest BCUT2D eigenvalue weighted by Crippen LogP contribution is -2.13. The van der Waals surface area contributed by atoms with Crippen molar-refractivity contribution in [1.82, 2.24) is 5.32 Å². The molecule has 2 aromatic carbocycles. The van der Waals surface area contributed by atoms with Gasteiger partial charge in [0.25, 0.3) is 0 Å². The standard InChI is InChI=1S/C15H14Cl3N/c1-10-3-2-4-11(7-10)8-19-9-12-13(16)5-6-14(17)15(12)18/h2-7,19H,8-9H2,1H3. The minimum absolute atomic E-state index is 0.519. The molecule has 0 spiro atoms. The Labute approximate surface area is 128 Å². The maximum Gasteiger partial charge on any atom is 0.0652 e. The molecule has 0 aromatic heterocycles. The number of rotatable bonds is 4. The summed E-state index contributed by atoms with van der Waals surface area (Å²) in [5, 5.41) is 5.00. The van der Waals surface area contributed by atoms with Gasteiger partial charge in [-0.15, -0.1) is 0 Å². The summed E-state index contributed by atoms with van der Waals surface area (Å²) in [6, 6.07) is 11.8. The van der Waals surface area contributed by atoms with Crippen LogP contribution in [0.1, 0.15) is 16.7 Å². The van der Waals surface area contributed by atoms with E-state index in [0.717, 1.165) is 12.1 Å². The summed E-state index contributed by atoms with van der Waals surface area (Å²) in [7, 11) is 0. The van der Waals surface area contributed by atoms with Crippen molar-refractivity contribution in [2.75, 3.05) is 0 Å². The van der Waals surface area contributed by atoms with Gasteiger partial charge in [0.05, 0.1) is 10.0 Å². The maximum absolute atomic E-state index is 6.15. The molecule has 2 rings (SSSR count). The maximum atomic E-state index is 6.15. The third-order valence-corrected chi connectivity index (χ3v) is 4.05. The van der Waals surface area contributed by atoms with Crippen molar-refractivity contribution in [2.24, 2.45) is 0 Å². The Hall–Kier alpha value is -0.730. The molecule has 4 heteroatoms. The van der Waals surface area contributed by atoms with Gasteiger partial charge in [0.15, 0.2) is 0 Å². The lowest BCUT2D eigenvalue weighted by Gasteiger charge is -2.10. The van der Waals surface area contributed by atoms with Crippen molar-refractivity contribution in [2.45, 2.75) is 20.0 Å². The Morgan fingerprint density at radius 2 is 1.68 bits per heavy atom. The van der Waals surface area contributed by atoms with Crippen LogP contribution in [0.4, 0.5) is 0 Å². The molecule has 0 aliphatic carbocycles. The zero-order chi connectivity index (χ0) is 13.8. The molecule has 0 amide bonds. The summed E-state index contributed by atoms with van der Waals surface area (Å²) < 4.78 is 0. The van der Waals surface area contributed by atoms with Crippen molar-refractivity contribution in [3.63, 3.8) is 0 Å². The SMILES string of the molecule is Cc1cccc(CNCc2c(Cl)ccc(Cl)c2Cl)c1. The van der Waals surface area contributed by atoms with Crippen molar-refractivity contribution in [3.05, 3.63) is 68.2 Å². The molecule has 0 unspecified atom stereocenters. The Morgan fingerprint density at radius 3 is 2.42 bits per heavy atom. The molecule has 0 saturated heterocycles. The molecule has 1 N–H and O–H groups in total. The first-order chi connectivity index (χ1) is 9.08. The lowest BCUT2D eigenvalue weighted by molar-refractivity contribution is 0.693. The van der Waals surface area contributed by atoms with Gasteiger partial charge in [-0.25, -0.2) is 0 Å². The normalized spacial score (nSPS) is 10.7. The van der Waals surface area contributed by atoms with E-state index >= 15 is 0 Å². The van der Waals surface area contributed by atoms with Gasteiger partial charge in [-0.05, 0) is 24.6 Å². The fraction of sp³-hybridized carbons (Fsp3) is 0.200. The second-order valence-corrected chi connectivity index (χ2v) is 5.61. The van der Waals surface area contributed by atoms with E-state index in [1.165, 1.54) is 11.1 Å². The van der Waals surface area contributed by atoms with Crippen LogP contribution in [0, 0.1) is 6.92 Å². The number of benzene rings is 2. The molecular formula is C15H14Cl3N. The molecule has 0 aliphatic rings. The zero-order valence-electron chi connectivity index (χ0n) is 10.5. The summed E-state index contributed by atoms with van der Waals surface area (Å²) in [4.78, 5) is 0. The Morgan fingerprint density at radius 1 is 0.947 bits per heavy atom. The van der Waals surface area contributed by atoms with E-state index in [1.807, 2.05) is 6.07 Å². The first-order valence-corrected chi connectivity index (χ1v) is 7.10. The predicted molar refractivity (Wildman–Crippen MR) is 83.2 cm³/mol. The first-order valence-electron chi connectivity index (χ1n) is 5.96. The molecule has 0 bridgehead atoms. The van der Waals surface area contributed by atoms with E-state index in [9.17, 15) is 0 Å². The monoisotopic (exact) mass is 313 g/mol. The molecule has 0 heterocycles. The number of hydrogen-bond acceptors (Lipinski definition) is 1. The Bertz CT molecular complexity index is 582. The van der Waals surface area contributed by atoms with Gasteiger partial charge >= 0.3 is 0 Å². The minimum atomic E-state index is 0.519. The average Bonchev–Trinajstić information content (AvgIpc) is 2.38. The number of aryl methyl sites for hydroxylation is 1. The average molecular weight is 315 g/mol. The van der Waals surface area contributed by atoms with E-state index in [0.29, 0.717) is 21.6 Å². The molecule has 1 nitrogen and oxygen atoms in total. The smallest absolute Gasteiger partial charge is 0.0652 e. The van der Waals surface area contributed by atoms with Crippen LogP contribution in [-0.2, 0) is 13.1 Å². The molecule has 0 atom stereocenters. The molecule has 0 fully saturated rings. The van der Waals surface area contributed by atoms with Crippen molar-refractivity contribution >= 4 is 34.8 Å². The summed E-state index contributed by atoms with van der Waals surface area (Å²) in [6.07, 6.45) is 0. The van der Waals surface area contributed by atoms with Crippen molar-refractivity contribution in [3.8, 4) is 0 Å².